The number of phenolic OH excluding ortho intramolecular Hbond substituents is 1. The predicted molar refractivity (Wildman–Crippen MR) is 139 cm³/mol. The Balaban J connectivity index is 2.22. The minimum atomic E-state index is -1.64. The Hall–Kier alpha value is -4.10. The van der Waals surface area contributed by atoms with Crippen molar-refractivity contribution in [2.45, 2.75) is 43.4 Å². The SMILES string of the molecule is NC(CS)C(=O)NC(Cc1ccc(O)cc1)C(=O)NC(CC(=O)O)C(=O)NC(Cc1ccccc1)C(=O)O. The molecular formula is C25H30N4O8S. The summed E-state index contributed by atoms with van der Waals surface area (Å²) in [7, 11) is 0. The van der Waals surface area contributed by atoms with Crippen LogP contribution < -0.4 is 21.7 Å². The fourth-order valence-corrected chi connectivity index (χ4v) is 3.58. The Labute approximate surface area is 224 Å². The minimum Gasteiger partial charge on any atom is -0.508 e. The van der Waals surface area contributed by atoms with Crippen LogP contribution in [0.5, 0.6) is 5.75 Å². The molecule has 2 aromatic rings. The van der Waals surface area contributed by atoms with Crippen LogP contribution in [-0.2, 0) is 36.8 Å². The average molecular weight is 547 g/mol. The van der Waals surface area contributed by atoms with E-state index in [0.29, 0.717) is 11.1 Å². The van der Waals surface area contributed by atoms with E-state index in [2.05, 4.69) is 28.6 Å². The van der Waals surface area contributed by atoms with Crippen molar-refractivity contribution in [1.29, 1.82) is 0 Å². The van der Waals surface area contributed by atoms with Crippen molar-refractivity contribution >= 4 is 42.3 Å². The zero-order valence-corrected chi connectivity index (χ0v) is 21.1. The molecule has 0 aliphatic heterocycles. The average Bonchev–Trinajstić information content (AvgIpc) is 2.88. The number of hydrogen-bond acceptors (Lipinski definition) is 8. The topological polar surface area (TPSA) is 208 Å². The molecule has 0 fully saturated rings. The van der Waals surface area contributed by atoms with Crippen molar-refractivity contribution in [2.24, 2.45) is 5.73 Å². The van der Waals surface area contributed by atoms with Gasteiger partial charge in [-0.05, 0) is 23.3 Å². The molecule has 0 saturated heterocycles. The first-order chi connectivity index (χ1) is 18.0. The number of phenols is 1. The maximum atomic E-state index is 13.1. The maximum absolute atomic E-state index is 13.1. The lowest BCUT2D eigenvalue weighted by atomic mass is 10.0. The normalized spacial score (nSPS) is 13.8. The van der Waals surface area contributed by atoms with Crippen LogP contribution in [0.25, 0.3) is 0 Å². The van der Waals surface area contributed by atoms with Crippen LogP contribution in [0.3, 0.4) is 0 Å². The second kappa shape index (κ2) is 14.6. The summed E-state index contributed by atoms with van der Waals surface area (Å²) in [5.74, 6) is -5.41. The van der Waals surface area contributed by atoms with Crippen molar-refractivity contribution in [3.8, 4) is 5.75 Å². The van der Waals surface area contributed by atoms with E-state index < -0.39 is 60.2 Å². The molecule has 12 nitrogen and oxygen atoms in total. The summed E-state index contributed by atoms with van der Waals surface area (Å²) in [5, 5.41) is 35.4. The lowest BCUT2D eigenvalue weighted by molar-refractivity contribution is -0.143. The van der Waals surface area contributed by atoms with Crippen molar-refractivity contribution in [2.75, 3.05) is 5.75 Å². The fourth-order valence-electron chi connectivity index (χ4n) is 3.42. The number of carbonyl (C=O) groups is 5. The molecule has 0 heterocycles. The molecular weight excluding hydrogens is 516 g/mol. The van der Waals surface area contributed by atoms with Gasteiger partial charge in [0.05, 0.1) is 12.5 Å². The molecule has 4 unspecified atom stereocenters. The molecule has 0 aromatic heterocycles. The van der Waals surface area contributed by atoms with E-state index in [-0.39, 0.29) is 24.3 Å². The monoisotopic (exact) mass is 546 g/mol. The Morgan fingerprint density at radius 2 is 1.24 bits per heavy atom. The van der Waals surface area contributed by atoms with Gasteiger partial charge in [-0.2, -0.15) is 12.6 Å². The second-order valence-electron chi connectivity index (χ2n) is 8.47. The largest absolute Gasteiger partial charge is 0.508 e. The van der Waals surface area contributed by atoms with Gasteiger partial charge >= 0.3 is 11.9 Å². The highest BCUT2D eigenvalue weighted by Gasteiger charge is 2.31. The number of aromatic hydroxyl groups is 1. The van der Waals surface area contributed by atoms with E-state index in [4.69, 9.17) is 5.73 Å². The first kappa shape index (κ1) is 30.1. The number of carboxylic acids is 2. The molecule has 3 amide bonds. The molecule has 0 bridgehead atoms. The molecule has 2 rings (SSSR count). The Morgan fingerprint density at radius 1 is 0.737 bits per heavy atom. The minimum absolute atomic E-state index is 0.0125. The predicted octanol–water partition coefficient (Wildman–Crippen LogP) is -0.552. The lowest BCUT2D eigenvalue weighted by Crippen LogP contribution is -2.58. The first-order valence-electron chi connectivity index (χ1n) is 11.5. The zero-order valence-electron chi connectivity index (χ0n) is 20.2. The van der Waals surface area contributed by atoms with Crippen LogP contribution in [0.4, 0.5) is 0 Å². The van der Waals surface area contributed by atoms with Crippen molar-refractivity contribution in [3.63, 3.8) is 0 Å². The van der Waals surface area contributed by atoms with Crippen LogP contribution in [0.1, 0.15) is 17.5 Å². The third-order valence-corrected chi connectivity index (χ3v) is 5.84. The van der Waals surface area contributed by atoms with Gasteiger partial charge in [-0.15, -0.1) is 0 Å². The van der Waals surface area contributed by atoms with E-state index in [1.165, 1.54) is 24.3 Å². The summed E-state index contributed by atoms with van der Waals surface area (Å²) in [6.07, 6.45) is -0.994. The maximum Gasteiger partial charge on any atom is 0.326 e. The highest BCUT2D eigenvalue weighted by Crippen LogP contribution is 2.12. The second-order valence-corrected chi connectivity index (χ2v) is 8.83. The molecule has 204 valence electrons. The smallest absolute Gasteiger partial charge is 0.326 e. The quantitative estimate of drug-likeness (QED) is 0.143. The van der Waals surface area contributed by atoms with Crippen molar-refractivity contribution in [3.05, 3.63) is 65.7 Å². The number of rotatable bonds is 14. The Kier molecular flexibility index (Phi) is 11.6. The van der Waals surface area contributed by atoms with Gasteiger partial charge in [-0.25, -0.2) is 4.79 Å². The number of nitrogens with two attached hydrogens (primary N) is 1. The third kappa shape index (κ3) is 9.75. The molecule has 13 heteroatoms. The van der Waals surface area contributed by atoms with Crippen LogP contribution in [0.2, 0.25) is 0 Å². The molecule has 0 aliphatic carbocycles. The van der Waals surface area contributed by atoms with Crippen molar-refractivity contribution in [1.82, 2.24) is 16.0 Å². The number of thiol groups is 1. The summed E-state index contributed by atoms with van der Waals surface area (Å²) in [6.45, 7) is 0. The van der Waals surface area contributed by atoms with Gasteiger partial charge in [0.15, 0.2) is 0 Å². The summed E-state index contributed by atoms with van der Waals surface area (Å²) < 4.78 is 0. The molecule has 0 saturated carbocycles. The van der Waals surface area contributed by atoms with Crippen LogP contribution in [0, 0.1) is 0 Å². The molecule has 0 aliphatic rings. The lowest BCUT2D eigenvalue weighted by Gasteiger charge is -2.24. The standard InChI is InChI=1S/C25H30N4O8S/c26-17(13-38)22(33)27-18(10-15-6-8-16(30)9-7-15)23(34)28-19(12-21(31)32)24(35)29-20(25(36)37)11-14-4-2-1-3-5-14/h1-9,17-20,30,38H,10-13,26H2,(H,27,33)(H,28,34)(H,29,35)(H,31,32)(H,36,37). The molecule has 0 radical (unpaired) electrons. The zero-order chi connectivity index (χ0) is 28.2. The van der Waals surface area contributed by atoms with Gasteiger partial charge in [0.2, 0.25) is 17.7 Å². The number of benzene rings is 2. The summed E-state index contributed by atoms with van der Waals surface area (Å²) in [5.41, 5.74) is 6.85. The first-order valence-corrected chi connectivity index (χ1v) is 12.2. The van der Waals surface area contributed by atoms with Crippen LogP contribution in [0.15, 0.2) is 54.6 Å². The Bertz CT molecular complexity index is 1130. The number of aliphatic carboxylic acids is 2. The molecule has 2 aromatic carbocycles. The number of nitrogens with one attached hydrogen (secondary N) is 3. The number of hydrogen-bond donors (Lipinski definition) is 8. The highest BCUT2D eigenvalue weighted by atomic mass is 32.1. The van der Waals surface area contributed by atoms with E-state index in [1.54, 1.807) is 30.3 Å². The van der Waals surface area contributed by atoms with Gasteiger partial charge in [-0.1, -0.05) is 42.5 Å². The van der Waals surface area contributed by atoms with Gasteiger partial charge in [0.25, 0.3) is 0 Å². The number of carbonyl (C=O) groups excluding carboxylic acids is 3. The Morgan fingerprint density at radius 3 is 1.79 bits per heavy atom. The van der Waals surface area contributed by atoms with E-state index >= 15 is 0 Å². The summed E-state index contributed by atoms with van der Waals surface area (Å²) in [6, 6.07) is 8.93. The van der Waals surface area contributed by atoms with E-state index in [1.807, 2.05) is 0 Å². The number of amides is 3. The molecule has 8 N–H and O–H groups in total. The molecule has 4 atom stereocenters. The van der Waals surface area contributed by atoms with E-state index in [0.717, 1.165) is 0 Å². The van der Waals surface area contributed by atoms with Gasteiger partial charge in [0.1, 0.15) is 23.9 Å². The van der Waals surface area contributed by atoms with Gasteiger partial charge in [0, 0.05) is 18.6 Å². The van der Waals surface area contributed by atoms with E-state index in [9.17, 15) is 39.3 Å². The summed E-state index contributed by atoms with van der Waals surface area (Å²) in [4.78, 5) is 61.6. The molecule has 38 heavy (non-hydrogen) atoms. The van der Waals surface area contributed by atoms with Crippen LogP contribution in [-0.4, -0.2) is 74.9 Å². The van der Waals surface area contributed by atoms with Gasteiger partial charge in [-0.3, -0.25) is 19.2 Å². The van der Waals surface area contributed by atoms with Gasteiger partial charge < -0.3 is 37.0 Å². The number of carboxylic acid groups (broad SMARTS) is 2. The van der Waals surface area contributed by atoms with Crippen molar-refractivity contribution < 1.29 is 39.3 Å². The highest BCUT2D eigenvalue weighted by molar-refractivity contribution is 7.80. The van der Waals surface area contributed by atoms with Crippen LogP contribution >= 0.6 is 12.6 Å². The molecule has 0 spiro atoms. The third-order valence-electron chi connectivity index (χ3n) is 5.45. The fraction of sp³-hybridized carbons (Fsp3) is 0.320. The summed E-state index contributed by atoms with van der Waals surface area (Å²) >= 11 is 3.96.